The maximum absolute atomic E-state index is 6.01. The van der Waals surface area contributed by atoms with Crippen LogP contribution in [0.5, 0.6) is 11.5 Å². The summed E-state index contributed by atoms with van der Waals surface area (Å²) in [6, 6.07) is 3.61. The van der Waals surface area contributed by atoms with Gasteiger partial charge in [-0.1, -0.05) is 11.6 Å². The highest BCUT2D eigenvalue weighted by atomic mass is 35.5. The molecule has 0 saturated heterocycles. The molecule has 0 atom stereocenters. The molecule has 1 aromatic carbocycles. The Hall–Kier alpha value is -0.930. The molecule has 0 radical (unpaired) electrons. The number of hydrogen-bond acceptors (Lipinski definition) is 3. The molecule has 0 aromatic heterocycles. The van der Waals surface area contributed by atoms with Crippen LogP contribution in [0.3, 0.4) is 0 Å². The Labute approximate surface area is 107 Å². The highest BCUT2D eigenvalue weighted by Gasteiger charge is 2.20. The van der Waals surface area contributed by atoms with Crippen LogP contribution in [0.4, 0.5) is 0 Å². The van der Waals surface area contributed by atoms with Gasteiger partial charge in [-0.3, -0.25) is 0 Å². The SMILES string of the molecule is COc1cc(Cl)cc(CN)c1OC1CCCC1. The zero-order valence-electron chi connectivity index (χ0n) is 10.0. The first kappa shape index (κ1) is 12.5. The molecule has 0 spiro atoms. The normalized spacial score (nSPS) is 16.2. The molecule has 2 N–H and O–H groups in total. The zero-order chi connectivity index (χ0) is 12.3. The van der Waals surface area contributed by atoms with Gasteiger partial charge in [0.2, 0.25) is 0 Å². The van der Waals surface area contributed by atoms with E-state index in [1.807, 2.05) is 6.07 Å². The summed E-state index contributed by atoms with van der Waals surface area (Å²) in [6.07, 6.45) is 4.97. The van der Waals surface area contributed by atoms with Gasteiger partial charge in [0.25, 0.3) is 0 Å². The molecule has 3 nitrogen and oxygen atoms in total. The van der Waals surface area contributed by atoms with E-state index in [0.29, 0.717) is 17.3 Å². The van der Waals surface area contributed by atoms with Crippen molar-refractivity contribution in [1.82, 2.24) is 0 Å². The second-order valence-corrected chi connectivity index (χ2v) is 4.76. The maximum Gasteiger partial charge on any atom is 0.166 e. The number of nitrogens with two attached hydrogens (primary N) is 1. The third-order valence-electron chi connectivity index (χ3n) is 3.12. The zero-order valence-corrected chi connectivity index (χ0v) is 10.8. The third kappa shape index (κ3) is 2.85. The molecule has 0 unspecified atom stereocenters. The van der Waals surface area contributed by atoms with E-state index >= 15 is 0 Å². The molecular weight excluding hydrogens is 238 g/mol. The summed E-state index contributed by atoms with van der Waals surface area (Å²) in [5, 5.41) is 0.626. The summed E-state index contributed by atoms with van der Waals surface area (Å²) in [5.74, 6) is 1.43. The van der Waals surface area contributed by atoms with Gasteiger partial charge in [0.1, 0.15) is 0 Å². The number of hydrogen-bond donors (Lipinski definition) is 1. The number of benzene rings is 1. The van der Waals surface area contributed by atoms with Crippen molar-refractivity contribution in [2.45, 2.75) is 38.3 Å². The molecule has 0 heterocycles. The molecule has 0 amide bonds. The predicted molar refractivity (Wildman–Crippen MR) is 68.8 cm³/mol. The lowest BCUT2D eigenvalue weighted by Gasteiger charge is -2.19. The minimum Gasteiger partial charge on any atom is -0.493 e. The van der Waals surface area contributed by atoms with Crippen LogP contribution >= 0.6 is 11.6 Å². The fourth-order valence-corrected chi connectivity index (χ4v) is 2.46. The third-order valence-corrected chi connectivity index (χ3v) is 3.34. The molecule has 94 valence electrons. The molecule has 1 saturated carbocycles. The average molecular weight is 256 g/mol. The Bertz CT molecular complexity index is 364. The van der Waals surface area contributed by atoms with Crippen molar-refractivity contribution in [2.24, 2.45) is 5.73 Å². The van der Waals surface area contributed by atoms with Crippen molar-refractivity contribution in [3.05, 3.63) is 22.7 Å². The quantitative estimate of drug-likeness (QED) is 0.899. The second kappa shape index (κ2) is 5.61. The molecule has 0 aliphatic heterocycles. The lowest BCUT2D eigenvalue weighted by atomic mass is 10.1. The summed E-state index contributed by atoms with van der Waals surface area (Å²) in [4.78, 5) is 0. The molecule has 0 bridgehead atoms. The summed E-state index contributed by atoms with van der Waals surface area (Å²) in [7, 11) is 1.62. The summed E-state index contributed by atoms with van der Waals surface area (Å²) >= 11 is 6.01. The Balaban J connectivity index is 2.28. The molecule has 1 aliphatic carbocycles. The fraction of sp³-hybridized carbons (Fsp3) is 0.538. The first-order valence-electron chi connectivity index (χ1n) is 5.97. The van der Waals surface area contributed by atoms with Gasteiger partial charge in [0, 0.05) is 23.2 Å². The van der Waals surface area contributed by atoms with Gasteiger partial charge in [0.05, 0.1) is 13.2 Å². The second-order valence-electron chi connectivity index (χ2n) is 4.32. The van der Waals surface area contributed by atoms with Crippen molar-refractivity contribution in [3.8, 4) is 11.5 Å². The molecule has 1 aliphatic rings. The molecule has 1 aromatic rings. The number of rotatable bonds is 4. The maximum atomic E-state index is 6.01. The summed E-state index contributed by atoms with van der Waals surface area (Å²) in [5.41, 5.74) is 6.63. The first-order valence-corrected chi connectivity index (χ1v) is 6.35. The average Bonchev–Trinajstić information content (AvgIpc) is 2.83. The van der Waals surface area contributed by atoms with Crippen molar-refractivity contribution >= 4 is 11.6 Å². The van der Waals surface area contributed by atoms with Gasteiger partial charge < -0.3 is 15.2 Å². The minimum atomic E-state index is 0.287. The summed E-state index contributed by atoms with van der Waals surface area (Å²) < 4.78 is 11.3. The van der Waals surface area contributed by atoms with Crippen LogP contribution in [0.2, 0.25) is 5.02 Å². The van der Waals surface area contributed by atoms with Gasteiger partial charge >= 0.3 is 0 Å². The number of halogens is 1. The van der Waals surface area contributed by atoms with Crippen LogP contribution in [0, 0.1) is 0 Å². The van der Waals surface area contributed by atoms with Gasteiger partial charge in [-0.2, -0.15) is 0 Å². The van der Waals surface area contributed by atoms with Crippen molar-refractivity contribution in [1.29, 1.82) is 0 Å². The number of methoxy groups -OCH3 is 1. The molecule has 2 rings (SSSR count). The fourth-order valence-electron chi connectivity index (χ4n) is 2.23. The largest absolute Gasteiger partial charge is 0.493 e. The van der Waals surface area contributed by atoms with E-state index in [9.17, 15) is 0 Å². The van der Waals surface area contributed by atoms with Gasteiger partial charge in [-0.25, -0.2) is 0 Å². The Morgan fingerprint density at radius 2 is 2.06 bits per heavy atom. The van der Waals surface area contributed by atoms with E-state index in [-0.39, 0.29) is 6.10 Å². The highest BCUT2D eigenvalue weighted by Crippen LogP contribution is 2.37. The first-order chi connectivity index (χ1) is 8.24. The molecular formula is C13H18ClNO2. The Morgan fingerprint density at radius 3 is 2.65 bits per heavy atom. The van der Waals surface area contributed by atoms with E-state index in [0.717, 1.165) is 24.2 Å². The molecule has 1 fully saturated rings. The van der Waals surface area contributed by atoms with E-state index in [2.05, 4.69) is 0 Å². The van der Waals surface area contributed by atoms with Gasteiger partial charge in [-0.15, -0.1) is 0 Å². The summed E-state index contributed by atoms with van der Waals surface area (Å²) in [6.45, 7) is 0.402. The van der Waals surface area contributed by atoms with Crippen molar-refractivity contribution in [2.75, 3.05) is 7.11 Å². The monoisotopic (exact) mass is 255 g/mol. The van der Waals surface area contributed by atoms with Crippen LogP contribution in [0.1, 0.15) is 31.2 Å². The Morgan fingerprint density at radius 1 is 1.35 bits per heavy atom. The minimum absolute atomic E-state index is 0.287. The van der Waals surface area contributed by atoms with E-state index in [1.54, 1.807) is 13.2 Å². The number of ether oxygens (including phenoxy) is 2. The van der Waals surface area contributed by atoms with Crippen LogP contribution in [0.15, 0.2) is 12.1 Å². The van der Waals surface area contributed by atoms with Gasteiger partial charge in [-0.05, 0) is 31.7 Å². The van der Waals surface area contributed by atoms with E-state index in [1.165, 1.54) is 12.8 Å². The standard InChI is InChI=1S/C13H18ClNO2/c1-16-12-7-10(14)6-9(8-15)13(12)17-11-4-2-3-5-11/h6-7,11H,2-5,8,15H2,1H3. The Kier molecular flexibility index (Phi) is 4.13. The topological polar surface area (TPSA) is 44.5 Å². The van der Waals surface area contributed by atoms with Crippen LogP contribution < -0.4 is 15.2 Å². The lowest BCUT2D eigenvalue weighted by Crippen LogP contribution is -2.14. The highest BCUT2D eigenvalue weighted by molar-refractivity contribution is 6.30. The van der Waals surface area contributed by atoms with E-state index < -0.39 is 0 Å². The molecule has 17 heavy (non-hydrogen) atoms. The smallest absolute Gasteiger partial charge is 0.166 e. The predicted octanol–water partition coefficient (Wildman–Crippen LogP) is 3.13. The van der Waals surface area contributed by atoms with Crippen LogP contribution in [-0.4, -0.2) is 13.2 Å². The van der Waals surface area contributed by atoms with Crippen LogP contribution in [0.25, 0.3) is 0 Å². The van der Waals surface area contributed by atoms with Crippen LogP contribution in [-0.2, 0) is 6.54 Å². The lowest BCUT2D eigenvalue weighted by molar-refractivity contribution is 0.198. The van der Waals surface area contributed by atoms with Gasteiger partial charge in [0.15, 0.2) is 11.5 Å². The van der Waals surface area contributed by atoms with Crippen molar-refractivity contribution < 1.29 is 9.47 Å². The van der Waals surface area contributed by atoms with Crippen molar-refractivity contribution in [3.63, 3.8) is 0 Å². The van der Waals surface area contributed by atoms with E-state index in [4.69, 9.17) is 26.8 Å². The molecule has 4 heteroatoms.